The molecule has 1 nitrogen and oxygen atoms in total. The van der Waals surface area contributed by atoms with Gasteiger partial charge in [0.2, 0.25) is 0 Å². The van der Waals surface area contributed by atoms with Gasteiger partial charge in [-0.1, -0.05) is 51.0 Å². The van der Waals surface area contributed by atoms with E-state index in [1.807, 2.05) is 12.1 Å². The van der Waals surface area contributed by atoms with Gasteiger partial charge in [0.15, 0.2) is 5.78 Å². The van der Waals surface area contributed by atoms with Crippen LogP contribution in [0.1, 0.15) is 67.8 Å². The Morgan fingerprint density at radius 2 is 1.94 bits per heavy atom. The van der Waals surface area contributed by atoms with Crippen molar-refractivity contribution in [2.75, 3.05) is 0 Å². The van der Waals surface area contributed by atoms with E-state index in [1.165, 1.54) is 24.8 Å². The molecule has 0 N–H and O–H groups in total. The van der Waals surface area contributed by atoms with Crippen molar-refractivity contribution in [1.82, 2.24) is 0 Å². The zero-order valence-electron chi connectivity index (χ0n) is 10.9. The monoisotopic (exact) mass is 230 g/mol. The van der Waals surface area contributed by atoms with Crippen molar-refractivity contribution >= 4 is 5.78 Å². The molecule has 1 atom stereocenters. The second-order valence-electron chi connectivity index (χ2n) is 5.39. The topological polar surface area (TPSA) is 17.1 Å². The lowest BCUT2D eigenvalue weighted by atomic mass is 9.80. The summed E-state index contributed by atoms with van der Waals surface area (Å²) in [5.74, 6) is 1.54. The summed E-state index contributed by atoms with van der Waals surface area (Å²) < 4.78 is 0. The quantitative estimate of drug-likeness (QED) is 0.677. The highest BCUT2D eigenvalue weighted by Crippen LogP contribution is 2.36. The molecule has 1 aliphatic carbocycles. The number of ketones is 1. The lowest BCUT2D eigenvalue weighted by Crippen LogP contribution is -2.09. The predicted molar refractivity (Wildman–Crippen MR) is 71.4 cm³/mol. The molecule has 1 aliphatic rings. The highest BCUT2D eigenvalue weighted by molar-refractivity contribution is 5.96. The minimum atomic E-state index is 0.291. The maximum absolute atomic E-state index is 12.0. The smallest absolute Gasteiger partial charge is 0.163 e. The number of rotatable bonds is 5. The van der Waals surface area contributed by atoms with Gasteiger partial charge in [-0.25, -0.2) is 0 Å². The normalized spacial score (nSPS) is 17.5. The average Bonchev–Trinajstić information content (AvgIpc) is 2.27. The van der Waals surface area contributed by atoms with Crippen molar-refractivity contribution in [3.05, 3.63) is 35.4 Å². The van der Waals surface area contributed by atoms with E-state index >= 15 is 0 Å². The molecule has 0 saturated heterocycles. The number of carbonyl (C=O) groups is 1. The van der Waals surface area contributed by atoms with Crippen LogP contribution in [0.3, 0.4) is 0 Å². The minimum absolute atomic E-state index is 0.291. The molecule has 1 aromatic rings. The minimum Gasteiger partial charge on any atom is -0.294 e. The van der Waals surface area contributed by atoms with Crippen LogP contribution in [0.25, 0.3) is 0 Å². The molecular weight excluding hydrogens is 208 g/mol. The molecule has 1 fully saturated rings. The van der Waals surface area contributed by atoms with E-state index in [1.54, 1.807) is 0 Å². The van der Waals surface area contributed by atoms with Crippen LogP contribution in [0.5, 0.6) is 0 Å². The number of Topliss-reactive ketones (excluding diaryl/α,β-unsaturated/α-hetero) is 1. The molecule has 17 heavy (non-hydrogen) atoms. The second-order valence-corrected chi connectivity index (χ2v) is 5.39. The fraction of sp³-hybridized carbons (Fsp3) is 0.562. The van der Waals surface area contributed by atoms with E-state index in [0.717, 1.165) is 17.9 Å². The van der Waals surface area contributed by atoms with Gasteiger partial charge < -0.3 is 0 Å². The summed E-state index contributed by atoms with van der Waals surface area (Å²) in [5, 5.41) is 0. The molecule has 0 bridgehead atoms. The van der Waals surface area contributed by atoms with Gasteiger partial charge in [0.05, 0.1) is 0 Å². The second kappa shape index (κ2) is 5.48. The van der Waals surface area contributed by atoms with Crippen molar-refractivity contribution in [2.45, 2.75) is 51.9 Å². The van der Waals surface area contributed by atoms with Crippen LogP contribution in [0.2, 0.25) is 0 Å². The third-order valence-corrected chi connectivity index (χ3v) is 4.04. The SMILES string of the molecule is CCC(C)CC(=O)c1ccc(C2CCC2)cc1. The molecule has 0 amide bonds. The Labute approximate surface area is 104 Å². The van der Waals surface area contributed by atoms with Crippen LogP contribution in [-0.4, -0.2) is 5.78 Å². The molecule has 2 rings (SSSR count). The Kier molecular flexibility index (Phi) is 3.98. The van der Waals surface area contributed by atoms with Gasteiger partial charge in [-0.05, 0) is 30.2 Å². The van der Waals surface area contributed by atoms with Gasteiger partial charge in [0, 0.05) is 12.0 Å². The van der Waals surface area contributed by atoms with Crippen LogP contribution < -0.4 is 0 Å². The standard InChI is InChI=1S/C16H22O/c1-3-12(2)11-16(17)15-9-7-14(8-10-15)13-5-4-6-13/h7-10,12-13H,3-6,11H2,1-2H3. The van der Waals surface area contributed by atoms with Crippen LogP contribution in [0.15, 0.2) is 24.3 Å². The molecule has 92 valence electrons. The lowest BCUT2D eigenvalue weighted by Gasteiger charge is -2.25. The van der Waals surface area contributed by atoms with E-state index in [0.29, 0.717) is 18.1 Å². The Morgan fingerprint density at radius 3 is 2.41 bits per heavy atom. The van der Waals surface area contributed by atoms with Gasteiger partial charge >= 0.3 is 0 Å². The molecule has 1 saturated carbocycles. The molecule has 0 aromatic heterocycles. The van der Waals surface area contributed by atoms with Gasteiger partial charge in [-0.3, -0.25) is 4.79 Å². The van der Waals surface area contributed by atoms with Crippen molar-refractivity contribution in [2.24, 2.45) is 5.92 Å². The Balaban J connectivity index is 1.99. The molecule has 0 radical (unpaired) electrons. The number of carbonyl (C=O) groups excluding carboxylic acids is 1. The molecule has 0 spiro atoms. The fourth-order valence-corrected chi connectivity index (χ4v) is 2.26. The molecule has 0 heterocycles. The van der Waals surface area contributed by atoms with Gasteiger partial charge in [-0.2, -0.15) is 0 Å². The zero-order chi connectivity index (χ0) is 12.3. The Bertz CT molecular complexity index is 373. The van der Waals surface area contributed by atoms with Crippen LogP contribution in [-0.2, 0) is 0 Å². The Hall–Kier alpha value is -1.11. The van der Waals surface area contributed by atoms with Crippen molar-refractivity contribution < 1.29 is 4.79 Å². The third-order valence-electron chi connectivity index (χ3n) is 4.04. The summed E-state index contributed by atoms with van der Waals surface area (Å²) >= 11 is 0. The first-order chi connectivity index (χ1) is 8.20. The van der Waals surface area contributed by atoms with E-state index in [9.17, 15) is 4.79 Å². The molecule has 1 unspecified atom stereocenters. The average molecular weight is 230 g/mol. The summed E-state index contributed by atoms with van der Waals surface area (Å²) in [7, 11) is 0. The lowest BCUT2D eigenvalue weighted by molar-refractivity contribution is 0.0963. The van der Waals surface area contributed by atoms with Crippen molar-refractivity contribution in [3.63, 3.8) is 0 Å². The highest BCUT2D eigenvalue weighted by Gasteiger charge is 2.19. The maximum Gasteiger partial charge on any atom is 0.163 e. The van der Waals surface area contributed by atoms with Gasteiger partial charge in [0.25, 0.3) is 0 Å². The van der Waals surface area contributed by atoms with Gasteiger partial charge in [-0.15, -0.1) is 0 Å². The fourth-order valence-electron chi connectivity index (χ4n) is 2.26. The van der Waals surface area contributed by atoms with Crippen LogP contribution in [0.4, 0.5) is 0 Å². The van der Waals surface area contributed by atoms with Crippen molar-refractivity contribution in [1.29, 1.82) is 0 Å². The summed E-state index contributed by atoms with van der Waals surface area (Å²) in [4.78, 5) is 12.0. The van der Waals surface area contributed by atoms with E-state index in [4.69, 9.17) is 0 Å². The largest absolute Gasteiger partial charge is 0.294 e. The summed E-state index contributed by atoms with van der Waals surface area (Å²) in [5.41, 5.74) is 2.30. The first-order valence-corrected chi connectivity index (χ1v) is 6.84. The maximum atomic E-state index is 12.0. The van der Waals surface area contributed by atoms with E-state index in [2.05, 4.69) is 26.0 Å². The molecule has 1 aromatic carbocycles. The predicted octanol–water partition coefficient (Wildman–Crippen LogP) is 4.57. The first kappa shape index (κ1) is 12.3. The third kappa shape index (κ3) is 2.96. The summed E-state index contributed by atoms with van der Waals surface area (Å²) in [6.45, 7) is 4.28. The number of benzene rings is 1. The zero-order valence-corrected chi connectivity index (χ0v) is 10.9. The summed E-state index contributed by atoms with van der Waals surface area (Å²) in [6.07, 6.45) is 5.75. The Morgan fingerprint density at radius 1 is 1.29 bits per heavy atom. The molecular formula is C16H22O. The molecule has 0 aliphatic heterocycles. The first-order valence-electron chi connectivity index (χ1n) is 6.84. The molecule has 1 heteroatoms. The van der Waals surface area contributed by atoms with Crippen LogP contribution in [0, 0.1) is 5.92 Å². The van der Waals surface area contributed by atoms with E-state index < -0.39 is 0 Å². The highest BCUT2D eigenvalue weighted by atomic mass is 16.1. The van der Waals surface area contributed by atoms with Gasteiger partial charge in [0.1, 0.15) is 0 Å². The number of hydrogen-bond acceptors (Lipinski definition) is 1. The number of hydrogen-bond donors (Lipinski definition) is 0. The van der Waals surface area contributed by atoms with Crippen LogP contribution >= 0.6 is 0 Å². The summed E-state index contributed by atoms with van der Waals surface area (Å²) in [6, 6.07) is 8.32. The van der Waals surface area contributed by atoms with E-state index in [-0.39, 0.29) is 0 Å². The van der Waals surface area contributed by atoms with Crippen molar-refractivity contribution in [3.8, 4) is 0 Å².